The highest BCUT2D eigenvalue weighted by Gasteiger charge is 2.29. The van der Waals surface area contributed by atoms with Gasteiger partial charge in [0.1, 0.15) is 17.7 Å². The number of hydrogen-bond donors (Lipinski definition) is 2. The molecule has 6 rings (SSSR count). The number of aliphatic hydroxyl groups excluding tert-OH is 1. The van der Waals surface area contributed by atoms with Crippen molar-refractivity contribution in [2.24, 2.45) is 0 Å². The minimum absolute atomic E-state index is 0.00718. The van der Waals surface area contributed by atoms with E-state index in [4.69, 9.17) is 9.97 Å². The lowest BCUT2D eigenvalue weighted by Crippen LogP contribution is -2.33. The molecule has 1 aliphatic rings. The molecule has 2 N–H and O–H groups in total. The summed E-state index contributed by atoms with van der Waals surface area (Å²) in [5.41, 5.74) is 6.37. The molecule has 5 aromatic rings. The van der Waals surface area contributed by atoms with Crippen LogP contribution in [0.15, 0.2) is 66.1 Å². The maximum atomic E-state index is 13.8. The van der Waals surface area contributed by atoms with E-state index < -0.39 is 10.0 Å². The van der Waals surface area contributed by atoms with Crippen LogP contribution in [0, 0.1) is 27.7 Å². The van der Waals surface area contributed by atoms with Gasteiger partial charge < -0.3 is 19.9 Å². The van der Waals surface area contributed by atoms with Crippen LogP contribution in [0.2, 0.25) is 0 Å². The lowest BCUT2D eigenvalue weighted by molar-refractivity contribution is 0.265. The van der Waals surface area contributed by atoms with Crippen LogP contribution >= 0.6 is 0 Å². The fourth-order valence-electron chi connectivity index (χ4n) is 5.35. The number of aryl methyl sites for hydroxylation is 3. The molecule has 11 heteroatoms. The van der Waals surface area contributed by atoms with Crippen LogP contribution in [0.4, 0.5) is 17.6 Å². The molecule has 0 aliphatic carbocycles. The van der Waals surface area contributed by atoms with Gasteiger partial charge in [-0.15, -0.1) is 0 Å². The summed E-state index contributed by atoms with van der Waals surface area (Å²) in [5, 5.41) is 13.2. The standard InChI is InChI=1S/C30H33N7O3S/c1-19-7-9-25(10-8-19)41(39,40)37-13-11-26-28(37)29(34-30(32-26)36-12-5-6-23(36)17-38)33-27-16-35(18-31-27)24-14-20(2)22(4)21(3)15-24/h7-11,13-16,18,23,38H,5-6,12,17H2,1-4H3,(H,32,33,34)/t23-/m0/s1. The first-order valence-electron chi connectivity index (χ1n) is 13.6. The molecule has 0 saturated carbocycles. The normalized spacial score (nSPS) is 15.6. The highest BCUT2D eigenvalue weighted by Crippen LogP contribution is 2.32. The molecule has 0 radical (unpaired) electrons. The van der Waals surface area contributed by atoms with Crippen molar-refractivity contribution in [3.05, 3.63) is 83.4 Å². The number of nitrogens with one attached hydrogen (secondary N) is 1. The fraction of sp³-hybridized carbons (Fsp3) is 0.300. The number of aliphatic hydroxyl groups is 1. The summed E-state index contributed by atoms with van der Waals surface area (Å²) >= 11 is 0. The van der Waals surface area contributed by atoms with E-state index in [0.717, 1.165) is 24.1 Å². The summed E-state index contributed by atoms with van der Waals surface area (Å²) in [6.07, 6.45) is 6.83. The molecule has 4 heterocycles. The third-order valence-electron chi connectivity index (χ3n) is 7.95. The molecule has 212 valence electrons. The summed E-state index contributed by atoms with van der Waals surface area (Å²) in [5.74, 6) is 1.26. The number of aromatic nitrogens is 5. The predicted molar refractivity (Wildman–Crippen MR) is 160 cm³/mol. The SMILES string of the molecule is Cc1ccc(S(=O)(=O)n2ccc3nc(N4CCC[C@H]4CO)nc(Nc4cn(-c5cc(C)c(C)c(C)c5)cn4)c32)cc1. The van der Waals surface area contributed by atoms with Crippen molar-refractivity contribution in [3.8, 4) is 5.69 Å². The quantitative estimate of drug-likeness (QED) is 0.286. The third-order valence-corrected chi connectivity index (χ3v) is 9.64. The number of imidazole rings is 1. The Labute approximate surface area is 239 Å². The fourth-order valence-corrected chi connectivity index (χ4v) is 6.70. The van der Waals surface area contributed by atoms with Crippen molar-refractivity contribution < 1.29 is 13.5 Å². The van der Waals surface area contributed by atoms with E-state index in [0.29, 0.717) is 35.2 Å². The Hall–Kier alpha value is -4.22. The zero-order valence-corrected chi connectivity index (χ0v) is 24.4. The number of hydrogen-bond acceptors (Lipinski definition) is 8. The Balaban J connectivity index is 1.46. The van der Waals surface area contributed by atoms with Gasteiger partial charge >= 0.3 is 0 Å². The molecule has 3 aromatic heterocycles. The zero-order valence-electron chi connectivity index (χ0n) is 23.5. The molecule has 41 heavy (non-hydrogen) atoms. The molecule has 0 amide bonds. The lowest BCUT2D eigenvalue weighted by Gasteiger charge is -2.23. The number of rotatable bonds is 7. The van der Waals surface area contributed by atoms with Crippen molar-refractivity contribution in [1.29, 1.82) is 0 Å². The Morgan fingerprint density at radius 1 is 1.02 bits per heavy atom. The highest BCUT2D eigenvalue weighted by atomic mass is 32.2. The van der Waals surface area contributed by atoms with Crippen LogP contribution in [0.3, 0.4) is 0 Å². The van der Waals surface area contributed by atoms with Crippen molar-refractivity contribution >= 4 is 38.6 Å². The zero-order chi connectivity index (χ0) is 28.9. The first kappa shape index (κ1) is 27.0. The first-order valence-corrected chi connectivity index (χ1v) is 15.1. The second-order valence-corrected chi connectivity index (χ2v) is 12.5. The van der Waals surface area contributed by atoms with Gasteiger partial charge in [0.25, 0.3) is 10.0 Å². The number of nitrogens with zero attached hydrogens (tertiary/aromatic N) is 6. The average Bonchev–Trinajstić information content (AvgIpc) is 3.71. The Bertz CT molecular complexity index is 1840. The molecule has 2 aromatic carbocycles. The van der Waals surface area contributed by atoms with Gasteiger partial charge in [-0.3, -0.25) is 0 Å². The molecule has 1 fully saturated rings. The van der Waals surface area contributed by atoms with Gasteiger partial charge in [-0.2, -0.15) is 4.98 Å². The predicted octanol–water partition coefficient (Wildman–Crippen LogP) is 4.79. The van der Waals surface area contributed by atoms with Gasteiger partial charge in [0.2, 0.25) is 5.95 Å². The van der Waals surface area contributed by atoms with Crippen LogP contribution < -0.4 is 10.2 Å². The smallest absolute Gasteiger partial charge is 0.268 e. The molecule has 0 bridgehead atoms. The molecule has 10 nitrogen and oxygen atoms in total. The monoisotopic (exact) mass is 571 g/mol. The van der Waals surface area contributed by atoms with Crippen LogP contribution in [0.1, 0.15) is 35.1 Å². The Kier molecular flexibility index (Phi) is 6.79. The molecule has 1 saturated heterocycles. The van der Waals surface area contributed by atoms with Crippen molar-refractivity contribution in [2.75, 3.05) is 23.4 Å². The molecule has 1 atom stereocenters. The van der Waals surface area contributed by atoms with Gasteiger partial charge in [-0.1, -0.05) is 17.7 Å². The van der Waals surface area contributed by atoms with E-state index in [1.54, 1.807) is 36.7 Å². The minimum atomic E-state index is -3.94. The molecule has 0 spiro atoms. The van der Waals surface area contributed by atoms with Crippen LogP contribution in [-0.2, 0) is 10.0 Å². The lowest BCUT2D eigenvalue weighted by atomic mass is 10.0. The van der Waals surface area contributed by atoms with E-state index >= 15 is 0 Å². The summed E-state index contributed by atoms with van der Waals surface area (Å²) in [6, 6.07) is 12.5. The van der Waals surface area contributed by atoms with Crippen molar-refractivity contribution in [2.45, 2.75) is 51.5 Å². The van der Waals surface area contributed by atoms with E-state index in [-0.39, 0.29) is 17.5 Å². The maximum Gasteiger partial charge on any atom is 0.268 e. The number of benzene rings is 2. The van der Waals surface area contributed by atoms with E-state index in [1.807, 2.05) is 22.6 Å². The summed E-state index contributed by atoms with van der Waals surface area (Å²) in [4.78, 5) is 16.3. The molecular weight excluding hydrogens is 538 g/mol. The first-order chi connectivity index (χ1) is 19.7. The second kappa shape index (κ2) is 10.3. The van der Waals surface area contributed by atoms with Crippen molar-refractivity contribution in [3.63, 3.8) is 0 Å². The third kappa shape index (κ3) is 4.85. The van der Waals surface area contributed by atoms with Gasteiger partial charge in [-0.05, 0) is 87.6 Å². The summed E-state index contributed by atoms with van der Waals surface area (Å²) in [7, 11) is -3.94. The summed E-state index contributed by atoms with van der Waals surface area (Å²) < 4.78 is 30.7. The van der Waals surface area contributed by atoms with Crippen molar-refractivity contribution in [1.82, 2.24) is 23.5 Å². The molecule has 1 aliphatic heterocycles. The summed E-state index contributed by atoms with van der Waals surface area (Å²) in [6.45, 7) is 8.89. The van der Waals surface area contributed by atoms with Crippen LogP contribution in [-0.4, -0.2) is 56.2 Å². The topological polar surface area (TPSA) is 118 Å². The molecular formula is C30H33N7O3S. The molecule has 0 unspecified atom stereocenters. The number of anilines is 3. The van der Waals surface area contributed by atoms with E-state index in [2.05, 4.69) is 43.2 Å². The Morgan fingerprint density at radius 3 is 2.46 bits per heavy atom. The van der Waals surface area contributed by atoms with Crippen LogP contribution in [0.5, 0.6) is 0 Å². The van der Waals surface area contributed by atoms with Gasteiger partial charge in [0.15, 0.2) is 5.82 Å². The van der Waals surface area contributed by atoms with E-state index in [1.165, 1.54) is 26.9 Å². The average molecular weight is 572 g/mol. The highest BCUT2D eigenvalue weighted by molar-refractivity contribution is 7.90. The largest absolute Gasteiger partial charge is 0.394 e. The van der Waals surface area contributed by atoms with Crippen LogP contribution in [0.25, 0.3) is 16.7 Å². The minimum Gasteiger partial charge on any atom is -0.394 e. The van der Waals surface area contributed by atoms with E-state index in [9.17, 15) is 13.5 Å². The maximum absolute atomic E-state index is 13.8. The number of fused-ring (bicyclic) bond motifs is 1. The van der Waals surface area contributed by atoms with Gasteiger partial charge in [0, 0.05) is 18.4 Å². The second-order valence-electron chi connectivity index (χ2n) is 10.7. The van der Waals surface area contributed by atoms with Gasteiger partial charge in [-0.25, -0.2) is 22.4 Å². The Morgan fingerprint density at radius 2 is 1.76 bits per heavy atom. The van der Waals surface area contributed by atoms with Gasteiger partial charge in [0.05, 0.1) is 29.3 Å².